The number of guanidine groups is 1. The fraction of sp³-hybridized carbons (Fsp3) is 0.200. The smallest absolute Gasteiger partial charge is 0.214 e. The lowest BCUT2D eigenvalue weighted by molar-refractivity contribution is 0.531. The standard InChI is InChI=1S/C15H16N4/c1-19(15-16-8-9-17-15)18-11-12-6-7-13-4-2-3-5-14(13)10-12/h2-7,10-11H,8-9H2,1H3,(H,16,17)/b18-11-. The van der Waals surface area contributed by atoms with Crippen molar-refractivity contribution in [3.63, 3.8) is 0 Å². The minimum absolute atomic E-state index is 0.825. The van der Waals surface area contributed by atoms with Crippen LogP contribution in [0.1, 0.15) is 5.56 Å². The Morgan fingerprint density at radius 1 is 1.21 bits per heavy atom. The second-order valence-corrected chi connectivity index (χ2v) is 4.51. The van der Waals surface area contributed by atoms with Crippen molar-refractivity contribution < 1.29 is 0 Å². The number of benzene rings is 2. The summed E-state index contributed by atoms with van der Waals surface area (Å²) >= 11 is 0. The lowest BCUT2D eigenvalue weighted by Gasteiger charge is -2.12. The number of aliphatic imine (C=N–C) groups is 1. The Morgan fingerprint density at radius 2 is 2.05 bits per heavy atom. The number of hydrogen-bond donors (Lipinski definition) is 1. The first kappa shape index (κ1) is 11.7. The highest BCUT2D eigenvalue weighted by Crippen LogP contribution is 2.14. The number of fused-ring (bicyclic) bond motifs is 1. The predicted octanol–water partition coefficient (Wildman–Crippen LogP) is 2.06. The highest BCUT2D eigenvalue weighted by Gasteiger charge is 2.08. The van der Waals surface area contributed by atoms with Crippen LogP contribution >= 0.6 is 0 Å². The zero-order chi connectivity index (χ0) is 13.1. The van der Waals surface area contributed by atoms with E-state index in [0.29, 0.717) is 0 Å². The first-order valence-electron chi connectivity index (χ1n) is 6.38. The van der Waals surface area contributed by atoms with Crippen LogP contribution in [0.15, 0.2) is 52.6 Å². The molecule has 0 bridgehead atoms. The molecule has 1 N–H and O–H groups in total. The Hall–Kier alpha value is -2.36. The molecule has 0 amide bonds. The van der Waals surface area contributed by atoms with Crippen LogP contribution in [0.5, 0.6) is 0 Å². The molecule has 0 fully saturated rings. The van der Waals surface area contributed by atoms with E-state index in [4.69, 9.17) is 0 Å². The van der Waals surface area contributed by atoms with Gasteiger partial charge in [0.05, 0.1) is 12.8 Å². The first-order valence-corrected chi connectivity index (χ1v) is 6.38. The highest BCUT2D eigenvalue weighted by molar-refractivity contribution is 5.91. The van der Waals surface area contributed by atoms with Crippen molar-refractivity contribution in [2.75, 3.05) is 20.1 Å². The molecule has 1 aliphatic heterocycles. The molecule has 0 spiro atoms. The molecule has 0 saturated heterocycles. The molecule has 0 aliphatic carbocycles. The van der Waals surface area contributed by atoms with Crippen LogP contribution in [0.3, 0.4) is 0 Å². The molecule has 0 atom stereocenters. The molecule has 0 unspecified atom stereocenters. The molecule has 2 aromatic rings. The van der Waals surface area contributed by atoms with Gasteiger partial charge in [0, 0.05) is 13.6 Å². The first-order chi connectivity index (χ1) is 9.33. The van der Waals surface area contributed by atoms with Gasteiger partial charge in [0.2, 0.25) is 5.96 Å². The summed E-state index contributed by atoms with van der Waals surface area (Å²) in [6.45, 7) is 1.72. The van der Waals surface area contributed by atoms with Gasteiger partial charge in [0.25, 0.3) is 0 Å². The van der Waals surface area contributed by atoms with Crippen LogP contribution in [0.2, 0.25) is 0 Å². The third kappa shape index (κ3) is 2.57. The topological polar surface area (TPSA) is 40.0 Å². The summed E-state index contributed by atoms with van der Waals surface area (Å²) in [5, 5.41) is 11.8. The summed E-state index contributed by atoms with van der Waals surface area (Å²) in [6.07, 6.45) is 1.86. The van der Waals surface area contributed by atoms with Gasteiger partial charge >= 0.3 is 0 Å². The van der Waals surface area contributed by atoms with E-state index < -0.39 is 0 Å². The quantitative estimate of drug-likeness (QED) is 0.656. The van der Waals surface area contributed by atoms with Crippen molar-refractivity contribution in [3.05, 3.63) is 48.0 Å². The maximum atomic E-state index is 4.40. The van der Waals surface area contributed by atoms with Crippen LogP contribution in [-0.4, -0.2) is 37.3 Å². The average Bonchev–Trinajstić information content (AvgIpc) is 2.99. The van der Waals surface area contributed by atoms with Crippen LogP contribution < -0.4 is 5.32 Å². The van der Waals surface area contributed by atoms with Crippen molar-refractivity contribution in [1.29, 1.82) is 0 Å². The van der Waals surface area contributed by atoms with E-state index in [1.54, 1.807) is 5.01 Å². The van der Waals surface area contributed by atoms with E-state index in [-0.39, 0.29) is 0 Å². The van der Waals surface area contributed by atoms with Gasteiger partial charge in [-0.2, -0.15) is 5.10 Å². The molecular formula is C15H16N4. The number of nitrogens with one attached hydrogen (secondary N) is 1. The summed E-state index contributed by atoms with van der Waals surface area (Å²) in [4.78, 5) is 4.32. The summed E-state index contributed by atoms with van der Waals surface area (Å²) in [6, 6.07) is 14.6. The monoisotopic (exact) mass is 252 g/mol. The van der Waals surface area contributed by atoms with Gasteiger partial charge in [-0.1, -0.05) is 36.4 Å². The summed E-state index contributed by atoms with van der Waals surface area (Å²) in [7, 11) is 1.90. The van der Waals surface area contributed by atoms with E-state index >= 15 is 0 Å². The third-order valence-electron chi connectivity index (χ3n) is 3.12. The SMILES string of the molecule is CN(/N=C\c1ccc2ccccc2c1)C1=NCCN1. The van der Waals surface area contributed by atoms with E-state index in [1.165, 1.54) is 10.8 Å². The van der Waals surface area contributed by atoms with Gasteiger partial charge in [-0.3, -0.25) is 0 Å². The molecule has 4 heteroatoms. The lowest BCUT2D eigenvalue weighted by atomic mass is 10.1. The number of nitrogens with zero attached hydrogens (tertiary/aromatic N) is 3. The molecule has 96 valence electrons. The molecule has 3 rings (SSSR count). The maximum Gasteiger partial charge on any atom is 0.214 e. The van der Waals surface area contributed by atoms with Gasteiger partial charge < -0.3 is 5.32 Å². The largest absolute Gasteiger partial charge is 0.353 e. The Balaban J connectivity index is 1.80. The zero-order valence-electron chi connectivity index (χ0n) is 10.9. The Kier molecular flexibility index (Phi) is 3.14. The molecule has 4 nitrogen and oxygen atoms in total. The summed E-state index contributed by atoms with van der Waals surface area (Å²) < 4.78 is 0. The van der Waals surface area contributed by atoms with Gasteiger partial charge in [-0.05, 0) is 22.4 Å². The fourth-order valence-corrected chi connectivity index (χ4v) is 2.10. The van der Waals surface area contributed by atoms with Crippen molar-refractivity contribution >= 4 is 22.9 Å². The second-order valence-electron chi connectivity index (χ2n) is 4.51. The van der Waals surface area contributed by atoms with Crippen LogP contribution in [0.25, 0.3) is 10.8 Å². The average molecular weight is 252 g/mol. The summed E-state index contributed by atoms with van der Waals surface area (Å²) in [5.74, 6) is 0.831. The van der Waals surface area contributed by atoms with Gasteiger partial charge in [0.15, 0.2) is 0 Å². The van der Waals surface area contributed by atoms with Crippen LogP contribution in [-0.2, 0) is 0 Å². The van der Waals surface area contributed by atoms with Gasteiger partial charge in [-0.25, -0.2) is 10.0 Å². The molecule has 1 heterocycles. The Morgan fingerprint density at radius 3 is 2.84 bits per heavy atom. The van der Waals surface area contributed by atoms with Crippen molar-refractivity contribution in [2.24, 2.45) is 10.1 Å². The minimum Gasteiger partial charge on any atom is -0.353 e. The summed E-state index contributed by atoms with van der Waals surface area (Å²) in [5.41, 5.74) is 1.09. The number of hydrazone groups is 1. The van der Waals surface area contributed by atoms with E-state index in [1.807, 2.05) is 25.4 Å². The predicted molar refractivity (Wildman–Crippen MR) is 79.6 cm³/mol. The molecule has 0 radical (unpaired) electrons. The molecule has 0 aromatic heterocycles. The van der Waals surface area contributed by atoms with E-state index in [2.05, 4.69) is 45.7 Å². The van der Waals surface area contributed by atoms with Crippen LogP contribution in [0, 0.1) is 0 Å². The Bertz CT molecular complexity index is 645. The van der Waals surface area contributed by atoms with Crippen molar-refractivity contribution in [1.82, 2.24) is 10.3 Å². The molecule has 0 saturated carbocycles. The minimum atomic E-state index is 0.825. The second kappa shape index (κ2) is 5.10. The zero-order valence-corrected chi connectivity index (χ0v) is 10.9. The van der Waals surface area contributed by atoms with Crippen LogP contribution in [0.4, 0.5) is 0 Å². The lowest BCUT2D eigenvalue weighted by Crippen LogP contribution is -2.32. The third-order valence-corrected chi connectivity index (χ3v) is 3.12. The van der Waals surface area contributed by atoms with Crippen molar-refractivity contribution in [3.8, 4) is 0 Å². The molecule has 1 aliphatic rings. The maximum absolute atomic E-state index is 4.40. The van der Waals surface area contributed by atoms with Crippen molar-refractivity contribution in [2.45, 2.75) is 0 Å². The molecule has 19 heavy (non-hydrogen) atoms. The van der Waals surface area contributed by atoms with E-state index in [9.17, 15) is 0 Å². The van der Waals surface area contributed by atoms with Gasteiger partial charge in [0.1, 0.15) is 0 Å². The fourth-order valence-electron chi connectivity index (χ4n) is 2.10. The number of hydrogen-bond acceptors (Lipinski definition) is 4. The van der Waals surface area contributed by atoms with Gasteiger partial charge in [-0.15, -0.1) is 0 Å². The number of rotatable bonds is 2. The normalized spacial score (nSPS) is 14.7. The highest BCUT2D eigenvalue weighted by atomic mass is 15.5. The Labute approximate surface area is 112 Å². The van der Waals surface area contributed by atoms with E-state index in [0.717, 1.165) is 24.6 Å². The molecular weight excluding hydrogens is 236 g/mol. The molecule has 2 aromatic carbocycles.